The second-order valence-electron chi connectivity index (χ2n) is 7.62. The van der Waals surface area contributed by atoms with Gasteiger partial charge >= 0.3 is 0 Å². The predicted octanol–water partition coefficient (Wildman–Crippen LogP) is 5.44. The fraction of sp³-hybridized carbons (Fsp3) is 0.333. The Labute approximate surface area is 181 Å². The molecular formula is C24H26ClN3O2. The van der Waals surface area contributed by atoms with Crippen molar-refractivity contribution < 1.29 is 9.53 Å². The summed E-state index contributed by atoms with van der Waals surface area (Å²) in [5.74, 6) is 0.574. The number of halogens is 1. The van der Waals surface area contributed by atoms with Crippen LogP contribution in [-0.2, 0) is 0 Å². The molecule has 156 valence electrons. The van der Waals surface area contributed by atoms with Crippen molar-refractivity contribution >= 4 is 34.1 Å². The van der Waals surface area contributed by atoms with Gasteiger partial charge in [-0.05, 0) is 69.0 Å². The fourth-order valence-corrected chi connectivity index (χ4v) is 4.21. The number of hydrogen-bond acceptors (Lipinski definition) is 4. The van der Waals surface area contributed by atoms with Gasteiger partial charge in [-0.1, -0.05) is 23.7 Å². The number of fused-ring (bicyclic) bond motifs is 1. The normalized spacial score (nSPS) is 18.7. The molecule has 1 amide bonds. The average Bonchev–Trinajstić information content (AvgIpc) is 2.75. The van der Waals surface area contributed by atoms with Gasteiger partial charge in [-0.3, -0.25) is 9.78 Å². The van der Waals surface area contributed by atoms with E-state index in [2.05, 4.69) is 15.6 Å². The lowest BCUT2D eigenvalue weighted by Gasteiger charge is -2.30. The third-order valence-corrected chi connectivity index (χ3v) is 5.79. The number of ether oxygens (including phenoxy) is 1. The molecular weight excluding hydrogens is 398 g/mol. The van der Waals surface area contributed by atoms with Crippen LogP contribution in [-0.4, -0.2) is 29.6 Å². The SMILES string of the molecule is CCOc1ccccc1C(=O)N[C@H]1CC[C@@H](Nc2ccnc3cc(Cl)ccc23)CC1. The van der Waals surface area contributed by atoms with Crippen molar-refractivity contribution in [3.8, 4) is 5.75 Å². The molecule has 2 N–H and O–H groups in total. The van der Waals surface area contributed by atoms with Gasteiger partial charge in [0, 0.05) is 34.4 Å². The minimum atomic E-state index is -0.0625. The van der Waals surface area contributed by atoms with Gasteiger partial charge in [0.25, 0.3) is 5.91 Å². The Bertz CT molecular complexity index is 1030. The number of anilines is 1. The Balaban J connectivity index is 1.35. The molecule has 0 radical (unpaired) electrons. The number of carbonyl (C=O) groups excluding carboxylic acids is 1. The summed E-state index contributed by atoms with van der Waals surface area (Å²) >= 11 is 6.09. The van der Waals surface area contributed by atoms with Gasteiger partial charge in [0.05, 0.1) is 17.7 Å². The third-order valence-electron chi connectivity index (χ3n) is 5.56. The Morgan fingerprint density at radius 2 is 1.87 bits per heavy atom. The minimum absolute atomic E-state index is 0.0625. The first-order chi connectivity index (χ1) is 14.6. The van der Waals surface area contributed by atoms with E-state index in [-0.39, 0.29) is 11.9 Å². The number of amides is 1. The quantitative estimate of drug-likeness (QED) is 0.554. The summed E-state index contributed by atoms with van der Waals surface area (Å²) in [6.07, 6.45) is 5.68. The molecule has 4 rings (SSSR count). The highest BCUT2D eigenvalue weighted by Crippen LogP contribution is 2.28. The summed E-state index contributed by atoms with van der Waals surface area (Å²) in [4.78, 5) is 17.1. The smallest absolute Gasteiger partial charge is 0.255 e. The number of pyridine rings is 1. The summed E-state index contributed by atoms with van der Waals surface area (Å²) in [7, 11) is 0. The van der Waals surface area contributed by atoms with Gasteiger partial charge in [0.2, 0.25) is 0 Å². The molecule has 3 aromatic rings. The van der Waals surface area contributed by atoms with Crippen LogP contribution in [0.15, 0.2) is 54.7 Å². The first-order valence-electron chi connectivity index (χ1n) is 10.5. The predicted molar refractivity (Wildman–Crippen MR) is 121 cm³/mol. The highest BCUT2D eigenvalue weighted by atomic mass is 35.5. The van der Waals surface area contributed by atoms with E-state index in [4.69, 9.17) is 16.3 Å². The van der Waals surface area contributed by atoms with E-state index in [0.29, 0.717) is 29.0 Å². The number of carbonyl (C=O) groups is 1. The Kier molecular flexibility index (Phi) is 6.38. The van der Waals surface area contributed by atoms with E-state index in [1.807, 2.05) is 61.7 Å². The topological polar surface area (TPSA) is 63.2 Å². The van der Waals surface area contributed by atoms with Crippen LogP contribution >= 0.6 is 11.6 Å². The van der Waals surface area contributed by atoms with Crippen LogP contribution in [0.1, 0.15) is 43.0 Å². The Morgan fingerprint density at radius 1 is 1.10 bits per heavy atom. The maximum absolute atomic E-state index is 12.7. The molecule has 30 heavy (non-hydrogen) atoms. The zero-order valence-electron chi connectivity index (χ0n) is 17.0. The van der Waals surface area contributed by atoms with Gasteiger partial charge in [-0.2, -0.15) is 0 Å². The van der Waals surface area contributed by atoms with Crippen LogP contribution in [0.5, 0.6) is 5.75 Å². The summed E-state index contributed by atoms with van der Waals surface area (Å²) < 4.78 is 5.59. The molecule has 5 nitrogen and oxygen atoms in total. The van der Waals surface area contributed by atoms with E-state index in [1.165, 1.54) is 0 Å². The molecule has 6 heteroatoms. The van der Waals surface area contributed by atoms with Crippen LogP contribution in [0.2, 0.25) is 5.02 Å². The number of hydrogen-bond donors (Lipinski definition) is 2. The average molecular weight is 424 g/mol. The fourth-order valence-electron chi connectivity index (χ4n) is 4.05. The number of nitrogens with zero attached hydrogens (tertiary/aromatic N) is 1. The van der Waals surface area contributed by atoms with Crippen LogP contribution in [0, 0.1) is 0 Å². The number of rotatable bonds is 6. The third kappa shape index (κ3) is 4.68. The van der Waals surface area contributed by atoms with Crippen molar-refractivity contribution in [1.29, 1.82) is 0 Å². The van der Waals surface area contributed by atoms with Crippen molar-refractivity contribution in [2.75, 3.05) is 11.9 Å². The second kappa shape index (κ2) is 9.35. The largest absolute Gasteiger partial charge is 0.493 e. The highest BCUT2D eigenvalue weighted by Gasteiger charge is 2.24. The number of aromatic nitrogens is 1. The van der Waals surface area contributed by atoms with Crippen LogP contribution < -0.4 is 15.4 Å². The number of para-hydroxylation sites is 1. The van der Waals surface area contributed by atoms with Crippen LogP contribution in [0.25, 0.3) is 10.9 Å². The molecule has 1 aliphatic rings. The monoisotopic (exact) mass is 423 g/mol. The van der Waals surface area contributed by atoms with Crippen molar-refractivity contribution in [2.24, 2.45) is 0 Å². The lowest BCUT2D eigenvalue weighted by Crippen LogP contribution is -2.40. The number of benzene rings is 2. The molecule has 0 saturated heterocycles. The van der Waals surface area contributed by atoms with Crippen LogP contribution in [0.3, 0.4) is 0 Å². The van der Waals surface area contributed by atoms with Gasteiger partial charge < -0.3 is 15.4 Å². The van der Waals surface area contributed by atoms with Crippen molar-refractivity contribution in [3.05, 3.63) is 65.3 Å². The molecule has 1 saturated carbocycles. The molecule has 2 aromatic carbocycles. The van der Waals surface area contributed by atoms with E-state index in [1.54, 1.807) is 0 Å². The Morgan fingerprint density at radius 3 is 2.67 bits per heavy atom. The summed E-state index contributed by atoms with van der Waals surface area (Å²) in [6.45, 7) is 2.46. The molecule has 0 aliphatic heterocycles. The van der Waals surface area contributed by atoms with Crippen LogP contribution in [0.4, 0.5) is 5.69 Å². The van der Waals surface area contributed by atoms with E-state index in [9.17, 15) is 4.79 Å². The van der Waals surface area contributed by atoms with Gasteiger partial charge in [-0.15, -0.1) is 0 Å². The molecule has 1 heterocycles. The maximum Gasteiger partial charge on any atom is 0.255 e. The minimum Gasteiger partial charge on any atom is -0.493 e. The molecule has 0 bridgehead atoms. The molecule has 1 aromatic heterocycles. The van der Waals surface area contributed by atoms with E-state index < -0.39 is 0 Å². The number of nitrogens with one attached hydrogen (secondary N) is 2. The molecule has 1 aliphatic carbocycles. The molecule has 0 unspecified atom stereocenters. The molecule has 0 spiro atoms. The van der Waals surface area contributed by atoms with Gasteiger partial charge in [0.15, 0.2) is 0 Å². The van der Waals surface area contributed by atoms with E-state index in [0.717, 1.165) is 42.3 Å². The molecule has 0 atom stereocenters. The lowest BCUT2D eigenvalue weighted by molar-refractivity contribution is 0.0923. The first-order valence-corrected chi connectivity index (χ1v) is 10.9. The van der Waals surface area contributed by atoms with Gasteiger partial charge in [-0.25, -0.2) is 0 Å². The van der Waals surface area contributed by atoms with Crippen molar-refractivity contribution in [1.82, 2.24) is 10.3 Å². The van der Waals surface area contributed by atoms with Crippen molar-refractivity contribution in [3.63, 3.8) is 0 Å². The maximum atomic E-state index is 12.7. The first kappa shape index (κ1) is 20.5. The summed E-state index contributed by atoms with van der Waals surface area (Å²) in [5, 5.41) is 8.60. The zero-order chi connectivity index (χ0) is 20.9. The zero-order valence-corrected chi connectivity index (χ0v) is 17.8. The lowest BCUT2D eigenvalue weighted by atomic mass is 9.90. The van der Waals surface area contributed by atoms with Crippen molar-refractivity contribution in [2.45, 2.75) is 44.7 Å². The van der Waals surface area contributed by atoms with E-state index >= 15 is 0 Å². The molecule has 1 fully saturated rings. The summed E-state index contributed by atoms with van der Waals surface area (Å²) in [5.41, 5.74) is 2.57. The van der Waals surface area contributed by atoms with Gasteiger partial charge in [0.1, 0.15) is 5.75 Å². The highest BCUT2D eigenvalue weighted by molar-refractivity contribution is 6.31. The Hall–Kier alpha value is -2.79. The summed E-state index contributed by atoms with van der Waals surface area (Å²) in [6, 6.07) is 15.7. The standard InChI is InChI=1S/C24H26ClN3O2/c1-2-30-23-6-4-3-5-20(23)24(29)28-18-10-8-17(9-11-18)27-21-13-14-26-22-15-16(25)7-12-19(21)22/h3-7,12-15,17-18H,2,8-11H2,1H3,(H,26,27)(H,28,29)/t17-,18+. The second-order valence-corrected chi connectivity index (χ2v) is 8.05.